The van der Waals surface area contributed by atoms with Gasteiger partial charge >= 0.3 is 0 Å². The topological polar surface area (TPSA) is 61.0 Å². The van der Waals surface area contributed by atoms with Gasteiger partial charge in [0.1, 0.15) is 5.75 Å². The van der Waals surface area contributed by atoms with Crippen LogP contribution in [0.3, 0.4) is 0 Å². The predicted molar refractivity (Wildman–Crippen MR) is 87.4 cm³/mol. The van der Waals surface area contributed by atoms with Gasteiger partial charge in [-0.05, 0) is 38.1 Å². The standard InChI is InChI=1S/C15H15N3O2S2/c1-9-8-21-15(16-9)22-10(2)13-17-18-14(20-13)11-4-6-12(19-3)7-5-11/h4-8,10H,1-3H3. The number of thioether (sulfide) groups is 1. The van der Waals surface area contributed by atoms with Crippen LogP contribution in [0, 0.1) is 6.92 Å². The molecule has 0 saturated heterocycles. The van der Waals surface area contributed by atoms with Gasteiger partial charge in [0.25, 0.3) is 0 Å². The van der Waals surface area contributed by atoms with Crippen molar-refractivity contribution in [3.8, 4) is 17.2 Å². The molecular weight excluding hydrogens is 318 g/mol. The molecule has 3 aromatic rings. The summed E-state index contributed by atoms with van der Waals surface area (Å²) in [6.07, 6.45) is 0. The zero-order valence-electron chi connectivity index (χ0n) is 12.4. The first-order valence-electron chi connectivity index (χ1n) is 6.72. The molecular formula is C15H15N3O2S2. The molecule has 2 aromatic heterocycles. The van der Waals surface area contributed by atoms with Crippen LogP contribution in [0.15, 0.2) is 38.4 Å². The summed E-state index contributed by atoms with van der Waals surface area (Å²) in [5.41, 5.74) is 1.91. The molecule has 7 heteroatoms. The van der Waals surface area contributed by atoms with Crippen LogP contribution in [0.5, 0.6) is 5.75 Å². The van der Waals surface area contributed by atoms with Gasteiger partial charge in [-0.25, -0.2) is 4.98 Å². The third kappa shape index (κ3) is 3.31. The molecule has 0 aliphatic rings. The quantitative estimate of drug-likeness (QED) is 0.646. The van der Waals surface area contributed by atoms with E-state index in [2.05, 4.69) is 15.2 Å². The zero-order valence-corrected chi connectivity index (χ0v) is 14.1. The van der Waals surface area contributed by atoms with Gasteiger partial charge in [0.15, 0.2) is 4.34 Å². The Morgan fingerprint density at radius 3 is 2.64 bits per heavy atom. The number of hydrogen-bond donors (Lipinski definition) is 0. The highest BCUT2D eigenvalue weighted by Gasteiger charge is 2.17. The summed E-state index contributed by atoms with van der Waals surface area (Å²) in [6.45, 7) is 4.02. The lowest BCUT2D eigenvalue weighted by Crippen LogP contribution is -1.88. The molecule has 3 rings (SSSR count). The molecule has 114 valence electrons. The number of aryl methyl sites for hydroxylation is 1. The molecule has 1 unspecified atom stereocenters. The van der Waals surface area contributed by atoms with Crippen molar-refractivity contribution in [2.75, 3.05) is 7.11 Å². The Labute approximate surface area is 136 Å². The Bertz CT molecular complexity index is 752. The molecule has 5 nitrogen and oxygen atoms in total. The minimum Gasteiger partial charge on any atom is -0.497 e. The highest BCUT2D eigenvalue weighted by molar-refractivity contribution is 8.01. The number of thiazole rings is 1. The lowest BCUT2D eigenvalue weighted by molar-refractivity contribution is 0.415. The Morgan fingerprint density at radius 1 is 1.23 bits per heavy atom. The second kappa shape index (κ2) is 6.50. The Balaban J connectivity index is 1.74. The molecule has 0 spiro atoms. The van der Waals surface area contributed by atoms with E-state index in [1.165, 1.54) is 0 Å². The minimum atomic E-state index is 0.0602. The van der Waals surface area contributed by atoms with E-state index in [1.807, 2.05) is 43.5 Å². The molecule has 1 atom stereocenters. The first kappa shape index (κ1) is 15.1. The van der Waals surface area contributed by atoms with E-state index >= 15 is 0 Å². The van der Waals surface area contributed by atoms with Crippen LogP contribution in [-0.4, -0.2) is 22.3 Å². The number of hydrogen-bond acceptors (Lipinski definition) is 7. The molecule has 2 heterocycles. The SMILES string of the molecule is COc1ccc(-c2nnc(C(C)Sc3nc(C)cs3)o2)cc1. The minimum absolute atomic E-state index is 0.0602. The van der Waals surface area contributed by atoms with Crippen LogP contribution < -0.4 is 4.74 Å². The lowest BCUT2D eigenvalue weighted by Gasteiger charge is -2.03. The summed E-state index contributed by atoms with van der Waals surface area (Å²) in [5, 5.41) is 10.4. The van der Waals surface area contributed by atoms with Crippen LogP contribution in [0.2, 0.25) is 0 Å². The van der Waals surface area contributed by atoms with Gasteiger partial charge in [0, 0.05) is 16.6 Å². The van der Waals surface area contributed by atoms with Crippen molar-refractivity contribution in [1.29, 1.82) is 0 Å². The van der Waals surface area contributed by atoms with Crippen molar-refractivity contribution < 1.29 is 9.15 Å². The molecule has 0 amide bonds. The predicted octanol–water partition coefficient (Wildman–Crippen LogP) is 4.36. The van der Waals surface area contributed by atoms with Crippen molar-refractivity contribution in [3.05, 3.63) is 41.2 Å². The average molecular weight is 333 g/mol. The maximum absolute atomic E-state index is 5.78. The Morgan fingerprint density at radius 2 is 2.00 bits per heavy atom. The van der Waals surface area contributed by atoms with E-state index < -0.39 is 0 Å². The number of ether oxygens (including phenoxy) is 1. The van der Waals surface area contributed by atoms with Crippen LogP contribution in [0.1, 0.15) is 23.8 Å². The number of benzene rings is 1. The fourth-order valence-electron chi connectivity index (χ4n) is 1.84. The van der Waals surface area contributed by atoms with Gasteiger partial charge in [-0.2, -0.15) is 0 Å². The third-order valence-corrected chi connectivity index (χ3v) is 5.18. The molecule has 0 bridgehead atoms. The van der Waals surface area contributed by atoms with Crippen LogP contribution >= 0.6 is 23.1 Å². The zero-order chi connectivity index (χ0) is 15.5. The second-order valence-corrected chi connectivity index (χ2v) is 7.13. The van der Waals surface area contributed by atoms with Crippen molar-refractivity contribution in [2.45, 2.75) is 23.4 Å². The van der Waals surface area contributed by atoms with Gasteiger partial charge in [-0.15, -0.1) is 21.5 Å². The fraction of sp³-hybridized carbons (Fsp3) is 0.267. The maximum Gasteiger partial charge on any atom is 0.247 e. The Hall–Kier alpha value is -1.86. The molecule has 0 N–H and O–H groups in total. The fourth-order valence-corrected chi connectivity index (χ4v) is 3.85. The molecule has 0 fully saturated rings. The molecule has 0 aliphatic carbocycles. The van der Waals surface area contributed by atoms with Crippen molar-refractivity contribution >= 4 is 23.1 Å². The smallest absolute Gasteiger partial charge is 0.247 e. The van der Waals surface area contributed by atoms with Crippen molar-refractivity contribution in [3.63, 3.8) is 0 Å². The maximum atomic E-state index is 5.78. The largest absolute Gasteiger partial charge is 0.497 e. The van der Waals surface area contributed by atoms with Crippen molar-refractivity contribution in [2.24, 2.45) is 0 Å². The van der Waals surface area contributed by atoms with E-state index in [1.54, 1.807) is 30.2 Å². The van der Waals surface area contributed by atoms with Gasteiger partial charge in [-0.1, -0.05) is 11.8 Å². The van der Waals surface area contributed by atoms with E-state index in [0.29, 0.717) is 11.8 Å². The van der Waals surface area contributed by atoms with E-state index in [9.17, 15) is 0 Å². The number of nitrogens with zero attached hydrogens (tertiary/aromatic N) is 3. The van der Waals surface area contributed by atoms with Crippen LogP contribution in [-0.2, 0) is 0 Å². The van der Waals surface area contributed by atoms with Gasteiger partial charge in [-0.3, -0.25) is 0 Å². The molecule has 0 radical (unpaired) electrons. The highest BCUT2D eigenvalue weighted by atomic mass is 32.2. The van der Waals surface area contributed by atoms with Gasteiger partial charge in [0.2, 0.25) is 11.8 Å². The Kier molecular flexibility index (Phi) is 4.44. The molecule has 22 heavy (non-hydrogen) atoms. The molecule has 0 aliphatic heterocycles. The number of aromatic nitrogens is 3. The number of methoxy groups -OCH3 is 1. The van der Waals surface area contributed by atoms with E-state index in [0.717, 1.165) is 21.3 Å². The van der Waals surface area contributed by atoms with Crippen LogP contribution in [0.25, 0.3) is 11.5 Å². The highest BCUT2D eigenvalue weighted by Crippen LogP contribution is 2.36. The summed E-state index contributed by atoms with van der Waals surface area (Å²) >= 11 is 3.25. The van der Waals surface area contributed by atoms with Crippen molar-refractivity contribution in [1.82, 2.24) is 15.2 Å². The second-order valence-electron chi connectivity index (χ2n) is 4.69. The molecule has 0 saturated carbocycles. The van der Waals surface area contributed by atoms with Gasteiger partial charge in [0.05, 0.1) is 12.4 Å². The number of rotatable bonds is 5. The first-order chi connectivity index (χ1) is 10.7. The summed E-state index contributed by atoms with van der Waals surface area (Å²) in [6, 6.07) is 7.54. The first-order valence-corrected chi connectivity index (χ1v) is 8.48. The lowest BCUT2D eigenvalue weighted by atomic mass is 10.2. The summed E-state index contributed by atoms with van der Waals surface area (Å²) < 4.78 is 11.9. The summed E-state index contributed by atoms with van der Waals surface area (Å²) in [7, 11) is 1.64. The third-order valence-electron chi connectivity index (χ3n) is 3.00. The van der Waals surface area contributed by atoms with Crippen LogP contribution in [0.4, 0.5) is 0 Å². The average Bonchev–Trinajstić information content (AvgIpc) is 3.17. The summed E-state index contributed by atoms with van der Waals surface area (Å²) in [4.78, 5) is 4.44. The normalized spacial score (nSPS) is 12.3. The monoisotopic (exact) mass is 333 g/mol. The molecule has 1 aromatic carbocycles. The van der Waals surface area contributed by atoms with E-state index in [4.69, 9.17) is 9.15 Å². The summed E-state index contributed by atoms with van der Waals surface area (Å²) in [5.74, 6) is 1.91. The van der Waals surface area contributed by atoms with E-state index in [-0.39, 0.29) is 5.25 Å². The van der Waals surface area contributed by atoms with Gasteiger partial charge < -0.3 is 9.15 Å².